The number of carbonyl (C=O) groups is 2. The molecule has 0 spiro atoms. The largest absolute Gasteiger partial charge is 0.482 e. The van der Waals surface area contributed by atoms with Crippen LogP contribution in [0, 0.1) is 0 Å². The van der Waals surface area contributed by atoms with Gasteiger partial charge in [-0.15, -0.1) is 0 Å². The van der Waals surface area contributed by atoms with Gasteiger partial charge in [0.05, 0.1) is 17.3 Å². The lowest BCUT2D eigenvalue weighted by atomic mass is 10.2. The van der Waals surface area contributed by atoms with Gasteiger partial charge in [-0.05, 0) is 19.9 Å². The van der Waals surface area contributed by atoms with Crippen LogP contribution in [0.25, 0.3) is 0 Å². The van der Waals surface area contributed by atoms with Crippen LogP contribution >= 0.6 is 11.6 Å². The third-order valence-corrected chi connectivity index (χ3v) is 6.10. The van der Waals surface area contributed by atoms with E-state index in [1.807, 2.05) is 13.8 Å². The molecule has 0 aromatic heterocycles. The summed E-state index contributed by atoms with van der Waals surface area (Å²) >= 11 is 6.08. The van der Waals surface area contributed by atoms with Crippen LogP contribution in [-0.4, -0.2) is 62.7 Å². The number of amides is 2. The normalized spacial score (nSPS) is 13.9. The highest BCUT2D eigenvalue weighted by molar-refractivity contribution is 7.89. The molecule has 2 rings (SSSR count). The fourth-order valence-corrected chi connectivity index (χ4v) is 4.03. The number of anilines is 1. The van der Waals surface area contributed by atoms with Crippen LogP contribution in [0.15, 0.2) is 17.0 Å². The molecule has 138 valence electrons. The second kappa shape index (κ2) is 7.59. The van der Waals surface area contributed by atoms with Crippen LogP contribution in [0.1, 0.15) is 13.8 Å². The van der Waals surface area contributed by atoms with Crippen molar-refractivity contribution < 1.29 is 22.7 Å². The Bertz CT molecular complexity index is 793. The molecule has 1 N–H and O–H groups in total. The van der Waals surface area contributed by atoms with Gasteiger partial charge in [0.1, 0.15) is 10.6 Å². The quantitative estimate of drug-likeness (QED) is 0.787. The van der Waals surface area contributed by atoms with E-state index in [-0.39, 0.29) is 40.6 Å². The summed E-state index contributed by atoms with van der Waals surface area (Å²) in [5.41, 5.74) is 0.307. The highest BCUT2D eigenvalue weighted by Gasteiger charge is 2.29. The van der Waals surface area contributed by atoms with Crippen molar-refractivity contribution >= 4 is 39.1 Å². The molecule has 1 aliphatic rings. The molecule has 0 saturated carbocycles. The molecule has 0 saturated heterocycles. The van der Waals surface area contributed by atoms with Gasteiger partial charge in [0.25, 0.3) is 5.91 Å². The number of fused-ring (bicyclic) bond motifs is 1. The minimum Gasteiger partial charge on any atom is -0.482 e. The van der Waals surface area contributed by atoms with E-state index in [0.717, 1.165) is 4.31 Å². The van der Waals surface area contributed by atoms with Crippen LogP contribution in [0.4, 0.5) is 5.69 Å². The minimum absolute atomic E-state index is 0.0633. The molecule has 1 aromatic rings. The molecule has 8 nitrogen and oxygen atoms in total. The summed E-state index contributed by atoms with van der Waals surface area (Å²) in [6, 6.07) is 2.58. The van der Waals surface area contributed by atoms with Crippen LogP contribution in [0.3, 0.4) is 0 Å². The summed E-state index contributed by atoms with van der Waals surface area (Å²) in [6.45, 7) is 4.13. The maximum Gasteiger partial charge on any atom is 0.262 e. The highest BCUT2D eigenvalue weighted by Crippen LogP contribution is 2.36. The lowest BCUT2D eigenvalue weighted by Crippen LogP contribution is -2.41. The number of hydrogen-bond acceptors (Lipinski definition) is 5. The second-order valence-electron chi connectivity index (χ2n) is 5.44. The first-order valence-electron chi connectivity index (χ1n) is 7.71. The van der Waals surface area contributed by atoms with Crippen LogP contribution in [0.2, 0.25) is 5.02 Å². The molecule has 1 heterocycles. The first-order chi connectivity index (χ1) is 11.7. The number of nitrogens with zero attached hydrogens (tertiary/aromatic N) is 2. The predicted octanol–water partition coefficient (Wildman–Crippen LogP) is 1.16. The van der Waals surface area contributed by atoms with Crippen molar-refractivity contribution in [1.82, 2.24) is 9.21 Å². The maximum absolute atomic E-state index is 12.8. The van der Waals surface area contributed by atoms with Crippen molar-refractivity contribution in [2.45, 2.75) is 18.7 Å². The molecule has 0 radical (unpaired) electrons. The highest BCUT2D eigenvalue weighted by atomic mass is 35.5. The molecule has 1 aromatic carbocycles. The van der Waals surface area contributed by atoms with E-state index in [1.165, 1.54) is 19.2 Å². The molecule has 10 heteroatoms. The van der Waals surface area contributed by atoms with E-state index in [9.17, 15) is 18.0 Å². The van der Waals surface area contributed by atoms with E-state index < -0.39 is 10.0 Å². The van der Waals surface area contributed by atoms with E-state index in [2.05, 4.69) is 5.32 Å². The number of rotatable bonds is 6. The smallest absolute Gasteiger partial charge is 0.262 e. The average Bonchev–Trinajstić information content (AvgIpc) is 2.54. The molecule has 0 fully saturated rings. The van der Waals surface area contributed by atoms with Gasteiger partial charge in [-0.3, -0.25) is 9.59 Å². The molecule has 0 bridgehead atoms. The number of halogens is 1. The number of benzene rings is 1. The van der Waals surface area contributed by atoms with Crippen molar-refractivity contribution in [3.05, 3.63) is 17.2 Å². The third kappa shape index (κ3) is 4.05. The van der Waals surface area contributed by atoms with Crippen LogP contribution < -0.4 is 10.1 Å². The minimum atomic E-state index is -4.00. The molecule has 0 unspecified atom stereocenters. The van der Waals surface area contributed by atoms with Gasteiger partial charge in [0.15, 0.2) is 6.61 Å². The molecule has 0 atom stereocenters. The topological polar surface area (TPSA) is 96.0 Å². The standard InChI is InChI=1S/C15H20ClN3O5S/c1-4-19(5-2)15(21)8-18(3)25(22,23)13-7-12-11(6-10(13)16)17-14(20)9-24-12/h6-7H,4-5,8-9H2,1-3H3,(H,17,20). The number of ether oxygens (including phenoxy) is 1. The first-order valence-corrected chi connectivity index (χ1v) is 9.52. The summed E-state index contributed by atoms with van der Waals surface area (Å²) in [5, 5.41) is 2.49. The van der Waals surface area contributed by atoms with E-state index in [1.54, 1.807) is 4.90 Å². The van der Waals surface area contributed by atoms with Gasteiger partial charge in [0.2, 0.25) is 15.9 Å². The Hall–Kier alpha value is -1.84. The maximum atomic E-state index is 12.8. The Morgan fingerprint density at radius 2 is 1.96 bits per heavy atom. The molecule has 1 aliphatic heterocycles. The molecular formula is C15H20ClN3O5S. The molecule has 25 heavy (non-hydrogen) atoms. The van der Waals surface area contributed by atoms with Gasteiger partial charge in [-0.2, -0.15) is 4.31 Å². The van der Waals surface area contributed by atoms with Gasteiger partial charge < -0.3 is 15.0 Å². The summed E-state index contributed by atoms with van der Waals surface area (Å²) in [4.78, 5) is 24.8. The van der Waals surface area contributed by atoms with Crippen LogP contribution in [0.5, 0.6) is 5.75 Å². The number of hydrogen-bond donors (Lipinski definition) is 1. The number of carbonyl (C=O) groups excluding carboxylic acids is 2. The zero-order valence-corrected chi connectivity index (χ0v) is 15.8. The summed E-state index contributed by atoms with van der Waals surface area (Å²) < 4.78 is 31.7. The molecule has 0 aliphatic carbocycles. The number of nitrogens with one attached hydrogen (secondary N) is 1. The molecule has 2 amide bonds. The van der Waals surface area contributed by atoms with Gasteiger partial charge in [-0.1, -0.05) is 11.6 Å². The number of sulfonamides is 1. The number of likely N-dealkylation sites (N-methyl/N-ethyl adjacent to an activating group) is 2. The first kappa shape index (κ1) is 19.5. The molecular weight excluding hydrogens is 370 g/mol. The average molecular weight is 390 g/mol. The SMILES string of the molecule is CCN(CC)C(=O)CN(C)S(=O)(=O)c1cc2c(cc1Cl)NC(=O)CO2. The van der Waals surface area contributed by atoms with E-state index in [0.29, 0.717) is 18.8 Å². The lowest BCUT2D eigenvalue weighted by Gasteiger charge is -2.24. The Morgan fingerprint density at radius 3 is 2.56 bits per heavy atom. The predicted molar refractivity (Wildman–Crippen MR) is 93.3 cm³/mol. The Labute approximate surface area is 151 Å². The fourth-order valence-electron chi connectivity index (χ4n) is 2.40. The summed E-state index contributed by atoms with van der Waals surface area (Å²) in [6.07, 6.45) is 0. The lowest BCUT2D eigenvalue weighted by molar-refractivity contribution is -0.130. The van der Waals surface area contributed by atoms with Gasteiger partial charge >= 0.3 is 0 Å². The van der Waals surface area contributed by atoms with Crippen molar-refractivity contribution in [2.24, 2.45) is 0 Å². The Kier molecular flexibility index (Phi) is 5.91. The fraction of sp³-hybridized carbons (Fsp3) is 0.467. The van der Waals surface area contributed by atoms with Crippen molar-refractivity contribution in [3.63, 3.8) is 0 Å². The zero-order valence-electron chi connectivity index (χ0n) is 14.2. The Balaban J connectivity index is 2.30. The monoisotopic (exact) mass is 389 g/mol. The van der Waals surface area contributed by atoms with Crippen molar-refractivity contribution in [2.75, 3.05) is 38.6 Å². The second-order valence-corrected chi connectivity index (χ2v) is 7.86. The summed E-state index contributed by atoms with van der Waals surface area (Å²) in [5.74, 6) is -0.430. The van der Waals surface area contributed by atoms with Crippen molar-refractivity contribution in [3.8, 4) is 5.75 Å². The van der Waals surface area contributed by atoms with E-state index >= 15 is 0 Å². The van der Waals surface area contributed by atoms with Gasteiger partial charge in [-0.25, -0.2) is 8.42 Å². The van der Waals surface area contributed by atoms with Gasteiger partial charge in [0, 0.05) is 26.2 Å². The van der Waals surface area contributed by atoms with E-state index in [4.69, 9.17) is 16.3 Å². The summed E-state index contributed by atoms with van der Waals surface area (Å²) in [7, 11) is -2.69. The Morgan fingerprint density at radius 1 is 1.32 bits per heavy atom. The zero-order chi connectivity index (χ0) is 18.8. The van der Waals surface area contributed by atoms with Crippen LogP contribution in [-0.2, 0) is 19.6 Å². The van der Waals surface area contributed by atoms with Crippen molar-refractivity contribution in [1.29, 1.82) is 0 Å². The third-order valence-electron chi connectivity index (χ3n) is 3.83.